The zero-order valence-corrected chi connectivity index (χ0v) is 80.8. The molecule has 15 atom stereocenters. The summed E-state index contributed by atoms with van der Waals surface area (Å²) in [6, 6.07) is -2.05. The number of esters is 4. The molecule has 29 heteroatoms. The van der Waals surface area contributed by atoms with E-state index in [2.05, 4.69) is 86.6 Å². The first kappa shape index (κ1) is 112. The summed E-state index contributed by atoms with van der Waals surface area (Å²) < 4.78 is 48.3. The van der Waals surface area contributed by atoms with Crippen LogP contribution in [0.1, 0.15) is 324 Å². The number of aliphatic hydroxyl groups is 1. The van der Waals surface area contributed by atoms with Crippen molar-refractivity contribution in [3.05, 3.63) is 25.3 Å². The van der Waals surface area contributed by atoms with Crippen LogP contribution in [0.15, 0.2) is 25.3 Å². The zero-order valence-electron chi connectivity index (χ0n) is 80.8. The Labute approximate surface area is 732 Å². The van der Waals surface area contributed by atoms with Crippen molar-refractivity contribution in [2.24, 2.45) is 63.6 Å². The van der Waals surface area contributed by atoms with Gasteiger partial charge in [0.1, 0.15) is 64.7 Å². The second kappa shape index (κ2) is 49.8. The summed E-state index contributed by atoms with van der Waals surface area (Å²) in [5.74, 6) is 0.879. The molecular weight excluding hydrogens is 1570 g/mol. The number of ether oxygens (including phenoxy) is 9. The van der Waals surface area contributed by atoms with E-state index in [0.29, 0.717) is 113 Å². The van der Waals surface area contributed by atoms with Gasteiger partial charge in [0, 0.05) is 38.8 Å². The summed E-state index contributed by atoms with van der Waals surface area (Å²) in [5.41, 5.74) is -5.05. The highest BCUT2D eigenvalue weighted by Crippen LogP contribution is 2.42. The Bertz CT molecular complexity index is 3270. The molecule has 0 aliphatic carbocycles. The van der Waals surface area contributed by atoms with E-state index in [4.69, 9.17) is 42.6 Å². The van der Waals surface area contributed by atoms with Gasteiger partial charge in [-0.05, 0) is 236 Å². The average molecular weight is 1730 g/mol. The lowest BCUT2D eigenvalue weighted by atomic mass is 9.80. The van der Waals surface area contributed by atoms with Crippen LogP contribution in [-0.4, -0.2) is 190 Å². The van der Waals surface area contributed by atoms with Crippen molar-refractivity contribution < 1.29 is 105 Å². The van der Waals surface area contributed by atoms with Crippen LogP contribution in [0.5, 0.6) is 0 Å². The Kier molecular flexibility index (Phi) is 45.9. The number of aldehydes is 1. The predicted molar refractivity (Wildman–Crippen MR) is 472 cm³/mol. The van der Waals surface area contributed by atoms with Crippen LogP contribution >= 0.6 is 0 Å². The van der Waals surface area contributed by atoms with Crippen LogP contribution in [0.4, 0.5) is 24.0 Å². The molecule has 0 saturated carbocycles. The van der Waals surface area contributed by atoms with Gasteiger partial charge in [-0.25, -0.2) is 24.0 Å². The molecule has 0 spiro atoms. The van der Waals surface area contributed by atoms with E-state index >= 15 is 0 Å². The first-order chi connectivity index (χ1) is 55.7. The van der Waals surface area contributed by atoms with Gasteiger partial charge < -0.3 is 89.3 Å². The zero-order chi connectivity index (χ0) is 94.4. The minimum atomic E-state index is -0.919. The minimum absolute atomic E-state index is 0.109. The molecule has 5 aliphatic rings. The number of amides is 7. The second-order valence-corrected chi connectivity index (χ2v) is 42.6. The molecule has 122 heavy (non-hydrogen) atoms. The summed E-state index contributed by atoms with van der Waals surface area (Å²) in [6.45, 7) is 69.7. The average Bonchev–Trinajstić information content (AvgIpc) is 1.64. The highest BCUT2D eigenvalue weighted by molar-refractivity contribution is 5.91. The number of hydrogen-bond donors (Lipinski definition) is 7. The third kappa shape index (κ3) is 44.2. The van der Waals surface area contributed by atoms with Crippen molar-refractivity contribution in [2.45, 2.75) is 419 Å². The maximum absolute atomic E-state index is 13.6. The maximum Gasteiger partial charge on any atom is 0.408 e. The molecule has 5 aliphatic heterocycles. The molecule has 0 bridgehead atoms. The quantitative estimate of drug-likeness (QED) is 0.0136. The maximum atomic E-state index is 13.6. The van der Waals surface area contributed by atoms with E-state index in [1.165, 1.54) is 0 Å². The molecule has 0 radical (unpaired) electrons. The third-order valence-electron chi connectivity index (χ3n) is 20.2. The highest BCUT2D eigenvalue weighted by atomic mass is 16.6. The van der Waals surface area contributed by atoms with Crippen molar-refractivity contribution in [3.8, 4) is 0 Å². The van der Waals surface area contributed by atoms with Gasteiger partial charge in [-0.1, -0.05) is 116 Å². The van der Waals surface area contributed by atoms with Gasteiger partial charge in [-0.15, -0.1) is 13.2 Å². The standard InChI is InChI=1S/C27H51N3O5.C18H31NO4.C17H29NO5.C17H29NO4.C14H25NO4/c1-17(2)13-20(29-25(34)35-26(7,8)9)22(31)15-27(10)11-12-30(24(27)33)21(14-18(3)4)23(32)28-16-19(5)6;1-8-9-18(7)11-14(22-15(18)20)13(10-12(2)3)19-16(21)23-17(4,5)6;1-11(2)9-12(18-15(21)23-16(3,4)5)13-10-17(6,7-8-19)14(20)22-13;1-7-8-12-10-14(21-15(12)19)13(9-11(2)3)18-16(20)22-17(4,5)6;1-9(2)8-10(11-6-7-12(16)18-11)15-13(17)19-14(3,4)5/h17-22,31H,11-16H2,1-10H3,(H,28,32)(H,29,34);8,12-14H,1,9-11H2,2-7H3,(H,19,21);8,11-13H,7,9-10H2,1-6H3,(H,18,21);7,11-14H,1,8-10H2,2-6H3,(H,18,20);9-11H,6-8H2,1-5H3,(H,15,17)/t20-,21-,22-,27-;13-,14+,18+;12-,13-,17-;12-,13+,14+;10-,11-/m01010/s1. The van der Waals surface area contributed by atoms with Crippen LogP contribution in [0, 0.1) is 63.6 Å². The fourth-order valence-corrected chi connectivity index (χ4v) is 14.7. The number of cyclic esters (lactones) is 4. The van der Waals surface area contributed by atoms with Crippen LogP contribution in [-0.2, 0) is 76.2 Å². The molecule has 0 aromatic heterocycles. The lowest BCUT2D eigenvalue weighted by Crippen LogP contribution is -2.51. The molecule has 5 fully saturated rings. The van der Waals surface area contributed by atoms with Crippen molar-refractivity contribution in [1.29, 1.82) is 0 Å². The summed E-state index contributed by atoms with van der Waals surface area (Å²) in [4.78, 5) is 147. The largest absolute Gasteiger partial charge is 0.460 e. The van der Waals surface area contributed by atoms with Crippen LogP contribution in [0.2, 0.25) is 0 Å². The third-order valence-corrected chi connectivity index (χ3v) is 20.2. The van der Waals surface area contributed by atoms with Gasteiger partial charge >= 0.3 is 54.3 Å². The summed E-state index contributed by atoms with van der Waals surface area (Å²) in [6.07, 6.45) is 8.25. The van der Waals surface area contributed by atoms with E-state index in [9.17, 15) is 62.6 Å². The molecule has 704 valence electrons. The first-order valence-corrected chi connectivity index (χ1v) is 44.4. The lowest BCUT2D eigenvalue weighted by Gasteiger charge is -2.33. The molecule has 0 aromatic rings. The van der Waals surface area contributed by atoms with Crippen molar-refractivity contribution >= 4 is 72.4 Å². The van der Waals surface area contributed by atoms with Crippen molar-refractivity contribution in [2.75, 3.05) is 13.1 Å². The van der Waals surface area contributed by atoms with E-state index in [1.54, 1.807) is 65.5 Å². The number of allylic oxidation sites excluding steroid dienone is 2. The number of alkyl carbamates (subject to hydrolysis) is 5. The van der Waals surface area contributed by atoms with Gasteiger partial charge in [0.2, 0.25) is 11.8 Å². The molecule has 29 nitrogen and oxygen atoms in total. The molecule has 0 unspecified atom stereocenters. The van der Waals surface area contributed by atoms with E-state index in [0.717, 1.165) is 25.5 Å². The number of carbonyl (C=O) groups excluding carboxylic acids is 12. The van der Waals surface area contributed by atoms with E-state index < -0.39 is 99.0 Å². The second-order valence-electron chi connectivity index (χ2n) is 42.6. The number of carbonyl (C=O) groups is 12. The smallest absolute Gasteiger partial charge is 0.408 e. The Morgan fingerprint density at radius 1 is 0.475 bits per heavy atom. The Balaban J connectivity index is 0.000000776. The van der Waals surface area contributed by atoms with E-state index in [1.807, 2.05) is 132 Å². The summed E-state index contributed by atoms with van der Waals surface area (Å²) in [7, 11) is 0. The highest BCUT2D eigenvalue weighted by Gasteiger charge is 2.52. The number of likely N-dealkylation sites (tertiary alicyclic amines) is 1. The molecule has 5 rings (SSSR count). The fraction of sp³-hybridized carbons (Fsp3) is 0.828. The van der Waals surface area contributed by atoms with Gasteiger partial charge in [0.15, 0.2) is 0 Å². The normalized spacial score (nSPS) is 23.4. The molecule has 5 saturated heterocycles. The monoisotopic (exact) mass is 1730 g/mol. The molecule has 7 N–H and O–H groups in total. The van der Waals surface area contributed by atoms with Gasteiger partial charge in [-0.3, -0.25) is 28.8 Å². The van der Waals surface area contributed by atoms with Crippen molar-refractivity contribution in [1.82, 2.24) is 36.8 Å². The lowest BCUT2D eigenvalue weighted by molar-refractivity contribution is -0.150. The number of hydrogen-bond acceptors (Lipinski definition) is 22. The topological polar surface area (TPSA) is 384 Å². The molecule has 7 amide bonds. The number of nitrogens with one attached hydrogen (secondary N) is 6. The Morgan fingerprint density at radius 2 is 0.836 bits per heavy atom. The summed E-state index contributed by atoms with van der Waals surface area (Å²) >= 11 is 0. The SMILES string of the molecule is C=CC[C@@H]1C[C@@H]([C@H](CC(C)C)NC(=O)OC(C)(C)C)OC1=O.C=CC[C@@]1(C)C[C@@H]([C@@H](CC(C)C)NC(=O)OC(C)(C)C)OC1=O.CC(C)CNC(=O)[C@H](CC(C)C)N1CC[C@@](C)(C[C@H](O)[C@H](CC(C)C)NC(=O)OC(C)(C)C)C1=O.CC(C)C[C@H](NC(=O)OC(C)(C)C)[C@@H]1CCC(=O)O1.CC(C)C[C@H](NC(=O)OC(C)(C)C)[C@@H]1C[C@](C)(CC=O)C(=O)O1. The van der Waals surface area contributed by atoms with Crippen LogP contribution < -0.4 is 31.9 Å². The van der Waals surface area contributed by atoms with Gasteiger partial charge in [0.05, 0.1) is 58.5 Å². The predicted octanol–water partition coefficient (Wildman–Crippen LogP) is 16.8. The summed E-state index contributed by atoms with van der Waals surface area (Å²) in [5, 5.41) is 28.4. The van der Waals surface area contributed by atoms with Crippen molar-refractivity contribution in [3.63, 3.8) is 0 Å². The number of nitrogens with zero attached hydrogens (tertiary/aromatic N) is 1. The molecule has 5 heterocycles. The first-order valence-electron chi connectivity index (χ1n) is 44.4. The molecule has 0 aromatic carbocycles. The number of aliphatic hydroxyl groups excluding tert-OH is 1. The van der Waals surface area contributed by atoms with Crippen LogP contribution in [0.3, 0.4) is 0 Å². The van der Waals surface area contributed by atoms with Gasteiger partial charge in [0.25, 0.3) is 0 Å². The van der Waals surface area contributed by atoms with Crippen LogP contribution in [0.25, 0.3) is 0 Å². The Morgan fingerprint density at radius 3 is 1.16 bits per heavy atom. The minimum Gasteiger partial charge on any atom is -0.460 e. The van der Waals surface area contributed by atoms with E-state index in [-0.39, 0.29) is 109 Å². The molecular formula is C93H165N7O22. The Hall–Kier alpha value is -7.72. The fourth-order valence-electron chi connectivity index (χ4n) is 14.7. The number of rotatable bonds is 34. The van der Waals surface area contributed by atoms with Gasteiger partial charge in [-0.2, -0.15) is 0 Å².